The number of thiophene rings is 1. The average Bonchev–Trinajstić information content (AvgIpc) is 3.28. The second kappa shape index (κ2) is 11.9. The van der Waals surface area contributed by atoms with Crippen molar-refractivity contribution in [1.82, 2.24) is 10.2 Å². The van der Waals surface area contributed by atoms with Gasteiger partial charge in [0.25, 0.3) is 0 Å². The van der Waals surface area contributed by atoms with Gasteiger partial charge in [-0.15, -0.1) is 11.3 Å². The van der Waals surface area contributed by atoms with Gasteiger partial charge >= 0.3 is 11.9 Å². The number of hydrogen-bond acceptors (Lipinski definition) is 6. The van der Waals surface area contributed by atoms with Crippen LogP contribution in [0.2, 0.25) is 0 Å². The molecule has 33 heavy (non-hydrogen) atoms. The SMILES string of the molecule is NCCCC[C@H](N[C@@H](CCc1ccccc1)C(=O)O)C(=O)N1CCc2sccc2C1C(=O)O. The molecule has 5 N–H and O–H groups in total. The number of amides is 1. The number of carbonyl (C=O) groups is 3. The van der Waals surface area contributed by atoms with Crippen molar-refractivity contribution in [3.8, 4) is 0 Å². The van der Waals surface area contributed by atoms with Gasteiger partial charge in [-0.05, 0) is 61.2 Å². The molecular weight excluding hydrogens is 442 g/mol. The summed E-state index contributed by atoms with van der Waals surface area (Å²) in [5.74, 6) is -2.49. The third-order valence-electron chi connectivity index (χ3n) is 5.99. The van der Waals surface area contributed by atoms with Crippen molar-refractivity contribution in [1.29, 1.82) is 0 Å². The molecule has 0 aliphatic carbocycles. The van der Waals surface area contributed by atoms with Crippen LogP contribution < -0.4 is 11.1 Å². The number of benzene rings is 1. The quantitative estimate of drug-likeness (QED) is 0.348. The van der Waals surface area contributed by atoms with Crippen LogP contribution in [0.4, 0.5) is 0 Å². The van der Waals surface area contributed by atoms with Crippen molar-refractivity contribution in [2.75, 3.05) is 13.1 Å². The van der Waals surface area contributed by atoms with Crippen LogP contribution >= 0.6 is 11.3 Å². The predicted octanol–water partition coefficient (Wildman–Crippen LogP) is 2.43. The molecule has 3 rings (SSSR count). The Morgan fingerprint density at radius 1 is 1.09 bits per heavy atom. The van der Waals surface area contributed by atoms with Crippen LogP contribution in [0.15, 0.2) is 41.8 Å². The minimum absolute atomic E-state index is 0.292. The molecule has 1 aromatic carbocycles. The zero-order valence-corrected chi connectivity index (χ0v) is 19.3. The second-order valence-electron chi connectivity index (χ2n) is 8.24. The van der Waals surface area contributed by atoms with Crippen LogP contribution in [0.1, 0.15) is 47.7 Å². The second-order valence-corrected chi connectivity index (χ2v) is 9.24. The molecule has 0 spiro atoms. The lowest BCUT2D eigenvalue weighted by atomic mass is 9.97. The van der Waals surface area contributed by atoms with Gasteiger partial charge in [-0.2, -0.15) is 0 Å². The van der Waals surface area contributed by atoms with Gasteiger partial charge in [-0.25, -0.2) is 4.79 Å². The first-order valence-electron chi connectivity index (χ1n) is 11.2. The summed E-state index contributed by atoms with van der Waals surface area (Å²) in [6.45, 7) is 0.761. The Morgan fingerprint density at radius 3 is 2.52 bits per heavy atom. The van der Waals surface area contributed by atoms with Gasteiger partial charge < -0.3 is 20.8 Å². The summed E-state index contributed by atoms with van der Waals surface area (Å²) in [5.41, 5.74) is 7.27. The van der Waals surface area contributed by atoms with Crippen molar-refractivity contribution in [3.63, 3.8) is 0 Å². The van der Waals surface area contributed by atoms with E-state index in [1.807, 2.05) is 35.7 Å². The highest BCUT2D eigenvalue weighted by atomic mass is 32.1. The Hall–Kier alpha value is -2.75. The van der Waals surface area contributed by atoms with Gasteiger partial charge in [-0.3, -0.25) is 14.9 Å². The fraction of sp³-hybridized carbons (Fsp3) is 0.458. The maximum atomic E-state index is 13.6. The van der Waals surface area contributed by atoms with Gasteiger partial charge in [0.1, 0.15) is 6.04 Å². The molecule has 9 heteroatoms. The zero-order valence-electron chi connectivity index (χ0n) is 18.5. The van der Waals surface area contributed by atoms with Crippen molar-refractivity contribution < 1.29 is 24.6 Å². The van der Waals surface area contributed by atoms with Crippen molar-refractivity contribution in [3.05, 3.63) is 57.8 Å². The lowest BCUT2D eigenvalue weighted by Crippen LogP contribution is -2.55. The molecule has 0 fully saturated rings. The fourth-order valence-electron chi connectivity index (χ4n) is 4.27. The van der Waals surface area contributed by atoms with E-state index in [0.717, 1.165) is 10.4 Å². The first kappa shape index (κ1) is 24.9. The predicted molar refractivity (Wildman–Crippen MR) is 126 cm³/mol. The van der Waals surface area contributed by atoms with Crippen LogP contribution in [0.3, 0.4) is 0 Å². The Bertz CT molecular complexity index is 949. The largest absolute Gasteiger partial charge is 0.480 e. The number of unbranched alkanes of at least 4 members (excludes halogenated alkanes) is 1. The highest BCUT2D eigenvalue weighted by Gasteiger charge is 2.39. The van der Waals surface area contributed by atoms with Gasteiger partial charge in [0.2, 0.25) is 5.91 Å². The molecule has 1 aliphatic rings. The van der Waals surface area contributed by atoms with Gasteiger partial charge in [-0.1, -0.05) is 36.8 Å². The molecule has 1 amide bonds. The molecule has 1 unspecified atom stereocenters. The molecule has 0 bridgehead atoms. The van der Waals surface area contributed by atoms with Crippen LogP contribution in [0.5, 0.6) is 0 Å². The Labute approximate surface area is 197 Å². The van der Waals surface area contributed by atoms with Gasteiger partial charge in [0.15, 0.2) is 6.04 Å². The molecular formula is C24H31N3O5S. The third kappa shape index (κ3) is 6.40. The third-order valence-corrected chi connectivity index (χ3v) is 6.99. The summed E-state index contributed by atoms with van der Waals surface area (Å²) < 4.78 is 0. The summed E-state index contributed by atoms with van der Waals surface area (Å²) in [5, 5.41) is 24.6. The zero-order chi connectivity index (χ0) is 23.8. The monoisotopic (exact) mass is 473 g/mol. The molecule has 0 saturated carbocycles. The Kier molecular flexibility index (Phi) is 8.99. The fourth-order valence-corrected chi connectivity index (χ4v) is 5.17. The number of fused-ring (bicyclic) bond motifs is 1. The molecule has 1 aromatic heterocycles. The number of carbonyl (C=O) groups excluding carboxylic acids is 1. The van der Waals surface area contributed by atoms with E-state index < -0.39 is 30.1 Å². The maximum Gasteiger partial charge on any atom is 0.331 e. The highest BCUT2D eigenvalue weighted by Crippen LogP contribution is 2.34. The summed E-state index contributed by atoms with van der Waals surface area (Å²) in [4.78, 5) is 40.0. The topological polar surface area (TPSA) is 133 Å². The maximum absolute atomic E-state index is 13.6. The lowest BCUT2D eigenvalue weighted by molar-refractivity contribution is -0.152. The normalized spacial score (nSPS) is 17.2. The van der Waals surface area contributed by atoms with E-state index in [1.54, 1.807) is 6.07 Å². The molecule has 2 heterocycles. The summed E-state index contributed by atoms with van der Waals surface area (Å²) >= 11 is 1.50. The highest BCUT2D eigenvalue weighted by molar-refractivity contribution is 7.10. The summed E-state index contributed by atoms with van der Waals surface area (Å²) in [6, 6.07) is 8.56. The summed E-state index contributed by atoms with van der Waals surface area (Å²) in [7, 11) is 0. The summed E-state index contributed by atoms with van der Waals surface area (Å²) in [6.07, 6.45) is 3.19. The number of carboxylic acids is 2. The lowest BCUT2D eigenvalue weighted by Gasteiger charge is -2.36. The molecule has 3 atom stereocenters. The first-order valence-corrected chi connectivity index (χ1v) is 12.1. The van der Waals surface area contributed by atoms with Crippen molar-refractivity contribution in [2.45, 2.75) is 56.7 Å². The van der Waals surface area contributed by atoms with E-state index in [1.165, 1.54) is 16.2 Å². The first-order chi connectivity index (χ1) is 15.9. The van der Waals surface area contributed by atoms with Crippen molar-refractivity contribution in [2.24, 2.45) is 5.73 Å². The molecule has 0 radical (unpaired) electrons. The Morgan fingerprint density at radius 2 is 1.85 bits per heavy atom. The van der Waals surface area contributed by atoms with E-state index in [-0.39, 0.29) is 5.91 Å². The Balaban J connectivity index is 1.77. The van der Waals surface area contributed by atoms with Crippen LogP contribution in [0, 0.1) is 0 Å². The number of aliphatic carboxylic acids is 2. The smallest absolute Gasteiger partial charge is 0.331 e. The average molecular weight is 474 g/mol. The van der Waals surface area contributed by atoms with E-state index in [0.29, 0.717) is 57.2 Å². The minimum Gasteiger partial charge on any atom is -0.480 e. The number of nitrogens with zero attached hydrogens (tertiary/aromatic N) is 1. The molecule has 0 saturated heterocycles. The van der Waals surface area contributed by atoms with Gasteiger partial charge in [0.05, 0.1) is 6.04 Å². The van der Waals surface area contributed by atoms with E-state index in [9.17, 15) is 24.6 Å². The number of carboxylic acid groups (broad SMARTS) is 2. The molecule has 178 valence electrons. The molecule has 2 aromatic rings. The molecule has 8 nitrogen and oxygen atoms in total. The number of nitrogens with two attached hydrogens (primary N) is 1. The van der Waals surface area contributed by atoms with Crippen LogP contribution in [-0.4, -0.2) is 58.1 Å². The van der Waals surface area contributed by atoms with E-state index in [2.05, 4.69) is 5.32 Å². The molecule has 1 aliphatic heterocycles. The van der Waals surface area contributed by atoms with Crippen molar-refractivity contribution >= 4 is 29.2 Å². The van der Waals surface area contributed by atoms with E-state index >= 15 is 0 Å². The number of hydrogen-bond donors (Lipinski definition) is 4. The number of nitrogens with one attached hydrogen (secondary N) is 1. The number of rotatable bonds is 12. The standard InChI is InChI=1S/C24H31N3O5S/c25-13-5-4-8-18(26-19(23(29)30)10-9-16-6-2-1-3-7-16)22(28)27-14-11-20-17(12-15-33-20)21(27)24(31)32/h1-3,6-7,12,15,18-19,21,26H,4-5,8-11,13-14,25H2,(H,29,30)(H,31,32)/t18-,19-,21?/m0/s1. The van der Waals surface area contributed by atoms with E-state index in [4.69, 9.17) is 5.73 Å². The minimum atomic E-state index is -1.08. The van der Waals surface area contributed by atoms with Crippen LogP contribution in [-0.2, 0) is 27.2 Å². The van der Waals surface area contributed by atoms with Gasteiger partial charge in [0, 0.05) is 11.4 Å². The van der Waals surface area contributed by atoms with Crippen LogP contribution in [0.25, 0.3) is 0 Å². The number of aryl methyl sites for hydroxylation is 1.